The quantitative estimate of drug-likeness (QED) is 0.867. The first-order chi connectivity index (χ1) is 11.1. The Bertz CT molecular complexity index is 826. The highest BCUT2D eigenvalue weighted by Crippen LogP contribution is 2.38. The number of hydrogen-bond donors (Lipinski definition) is 1. The smallest absolute Gasteiger partial charge is 0.252 e. The Labute approximate surface area is 132 Å². The van der Waals surface area contributed by atoms with Crippen molar-refractivity contribution in [2.75, 3.05) is 5.32 Å². The summed E-state index contributed by atoms with van der Waals surface area (Å²) in [7, 11) is 0. The molecule has 118 valence electrons. The lowest BCUT2D eigenvalue weighted by molar-refractivity contribution is 0.103. The molecule has 4 nitrogen and oxygen atoms in total. The molecule has 1 N–H and O–H groups in total. The number of ketones is 1. The van der Waals surface area contributed by atoms with Crippen LogP contribution in [-0.2, 0) is 0 Å². The van der Waals surface area contributed by atoms with Gasteiger partial charge in [0.2, 0.25) is 0 Å². The van der Waals surface area contributed by atoms with Crippen LogP contribution in [0.5, 0.6) is 0 Å². The van der Waals surface area contributed by atoms with Crippen LogP contribution in [0.4, 0.5) is 10.2 Å². The van der Waals surface area contributed by atoms with E-state index in [2.05, 4.69) is 5.32 Å². The number of hydrogen-bond acceptors (Lipinski definition) is 3. The van der Waals surface area contributed by atoms with Crippen molar-refractivity contribution in [3.8, 4) is 0 Å². The van der Waals surface area contributed by atoms with Gasteiger partial charge in [-0.1, -0.05) is 12.8 Å². The fraction of sp³-hybridized carbons (Fsp3) is 0.333. The lowest BCUT2D eigenvalue weighted by atomic mass is 9.91. The second-order valence-corrected chi connectivity index (χ2v) is 6.24. The summed E-state index contributed by atoms with van der Waals surface area (Å²) in [4.78, 5) is 25.0. The van der Waals surface area contributed by atoms with Gasteiger partial charge in [-0.15, -0.1) is 0 Å². The molecule has 1 aliphatic carbocycles. The van der Waals surface area contributed by atoms with Crippen molar-refractivity contribution >= 4 is 11.6 Å². The molecule has 0 radical (unpaired) electrons. The summed E-state index contributed by atoms with van der Waals surface area (Å²) in [6.07, 6.45) is 4.21. The van der Waals surface area contributed by atoms with Gasteiger partial charge in [0.1, 0.15) is 11.6 Å². The van der Waals surface area contributed by atoms with Crippen LogP contribution in [0, 0.1) is 5.82 Å². The third-order valence-corrected chi connectivity index (χ3v) is 4.86. The number of benzene rings is 1. The predicted octanol–water partition coefficient (Wildman–Crippen LogP) is 3.13. The van der Waals surface area contributed by atoms with Gasteiger partial charge < -0.3 is 5.32 Å². The minimum atomic E-state index is -0.375. The van der Waals surface area contributed by atoms with E-state index < -0.39 is 0 Å². The van der Waals surface area contributed by atoms with Crippen LogP contribution >= 0.6 is 0 Å². The van der Waals surface area contributed by atoms with Gasteiger partial charge in [0.05, 0.1) is 11.6 Å². The molecule has 1 unspecified atom stereocenters. The summed E-state index contributed by atoms with van der Waals surface area (Å²) >= 11 is 0. The normalized spacial score (nSPS) is 22.1. The van der Waals surface area contributed by atoms with E-state index in [1.165, 1.54) is 30.3 Å². The molecule has 0 saturated heterocycles. The van der Waals surface area contributed by atoms with Crippen LogP contribution in [0.1, 0.15) is 47.6 Å². The molecule has 2 heterocycles. The molecule has 1 aromatic carbocycles. The first-order valence-electron chi connectivity index (χ1n) is 7.97. The zero-order chi connectivity index (χ0) is 16.0. The molecule has 0 spiro atoms. The summed E-state index contributed by atoms with van der Waals surface area (Å²) in [5.41, 5.74) is 0.827. The highest BCUT2D eigenvalue weighted by molar-refractivity contribution is 6.12. The maximum absolute atomic E-state index is 13.1. The summed E-state index contributed by atoms with van der Waals surface area (Å²) in [6, 6.07) is 8.88. The number of aromatic nitrogens is 1. The Kier molecular flexibility index (Phi) is 3.29. The molecule has 1 saturated carbocycles. The van der Waals surface area contributed by atoms with Gasteiger partial charge in [0, 0.05) is 17.7 Å². The third kappa shape index (κ3) is 2.27. The molecular formula is C18H17FN2O2. The highest BCUT2D eigenvalue weighted by atomic mass is 19.1. The van der Waals surface area contributed by atoms with E-state index in [4.69, 9.17) is 0 Å². The topological polar surface area (TPSA) is 51.1 Å². The number of nitrogens with one attached hydrogen (secondary N) is 1. The second-order valence-electron chi connectivity index (χ2n) is 6.24. The van der Waals surface area contributed by atoms with Gasteiger partial charge in [-0.3, -0.25) is 14.2 Å². The van der Waals surface area contributed by atoms with Gasteiger partial charge in [-0.2, -0.15) is 0 Å². The van der Waals surface area contributed by atoms with Crippen LogP contribution < -0.4 is 10.9 Å². The molecule has 4 rings (SSSR count). The number of rotatable bonds is 2. The first kappa shape index (κ1) is 14.2. The Morgan fingerprint density at radius 2 is 1.83 bits per heavy atom. The van der Waals surface area contributed by atoms with Gasteiger partial charge in [-0.25, -0.2) is 4.39 Å². The average molecular weight is 312 g/mol. The molecule has 5 heteroatoms. The monoisotopic (exact) mass is 312 g/mol. The molecule has 2 aliphatic rings. The van der Waals surface area contributed by atoms with Gasteiger partial charge >= 0.3 is 0 Å². The number of halogens is 1. The summed E-state index contributed by atoms with van der Waals surface area (Å²) in [6.45, 7) is 0. The summed E-state index contributed by atoms with van der Waals surface area (Å²) in [5.74, 6) is 0.0452. The lowest BCUT2D eigenvalue weighted by Gasteiger charge is -2.25. The van der Waals surface area contributed by atoms with Crippen molar-refractivity contribution < 1.29 is 9.18 Å². The molecular weight excluding hydrogens is 295 g/mol. The molecule has 2 aromatic rings. The zero-order valence-corrected chi connectivity index (χ0v) is 12.6. The number of fused-ring (bicyclic) bond motifs is 3. The fourth-order valence-corrected chi connectivity index (χ4v) is 3.73. The third-order valence-electron chi connectivity index (χ3n) is 4.86. The van der Waals surface area contributed by atoms with Gasteiger partial charge in [0.15, 0.2) is 5.78 Å². The van der Waals surface area contributed by atoms with E-state index in [0.29, 0.717) is 16.9 Å². The van der Waals surface area contributed by atoms with Crippen molar-refractivity contribution in [1.82, 2.24) is 4.57 Å². The number of pyridine rings is 1. The Hall–Kier alpha value is -2.43. The summed E-state index contributed by atoms with van der Waals surface area (Å²) < 4.78 is 14.8. The zero-order valence-electron chi connectivity index (χ0n) is 12.6. The number of carbonyl (C=O) groups excluding carboxylic acids is 1. The minimum Gasteiger partial charge on any atom is -0.366 e. The van der Waals surface area contributed by atoms with E-state index in [9.17, 15) is 14.0 Å². The Morgan fingerprint density at radius 1 is 1.09 bits per heavy atom. The molecule has 1 aliphatic heterocycles. The van der Waals surface area contributed by atoms with Crippen LogP contribution in [-0.4, -0.2) is 16.4 Å². The van der Waals surface area contributed by atoms with Crippen molar-refractivity contribution in [3.05, 3.63) is 63.7 Å². The Morgan fingerprint density at radius 3 is 2.61 bits per heavy atom. The fourth-order valence-electron chi connectivity index (χ4n) is 3.73. The van der Waals surface area contributed by atoms with Gasteiger partial charge in [-0.05, 0) is 43.2 Å². The highest BCUT2D eigenvalue weighted by Gasteiger charge is 2.36. The lowest BCUT2D eigenvalue weighted by Crippen LogP contribution is -2.29. The maximum Gasteiger partial charge on any atom is 0.252 e. The maximum atomic E-state index is 13.1. The van der Waals surface area contributed by atoms with E-state index >= 15 is 0 Å². The van der Waals surface area contributed by atoms with Crippen LogP contribution in [0.2, 0.25) is 0 Å². The van der Waals surface area contributed by atoms with Crippen molar-refractivity contribution in [2.45, 2.75) is 37.8 Å². The van der Waals surface area contributed by atoms with E-state index in [1.54, 1.807) is 10.6 Å². The summed E-state index contributed by atoms with van der Waals surface area (Å²) in [5, 5.41) is 3.38. The Balaban J connectivity index is 1.80. The largest absolute Gasteiger partial charge is 0.366 e. The van der Waals surface area contributed by atoms with Crippen molar-refractivity contribution in [3.63, 3.8) is 0 Å². The second kappa shape index (κ2) is 5.33. The van der Waals surface area contributed by atoms with E-state index in [1.807, 2.05) is 0 Å². The molecule has 1 aromatic heterocycles. The van der Waals surface area contributed by atoms with E-state index in [0.717, 1.165) is 25.7 Å². The van der Waals surface area contributed by atoms with Crippen molar-refractivity contribution in [1.29, 1.82) is 0 Å². The standard InChI is InChI=1S/C18H17FN2O2/c19-12-7-5-11(6-8-12)17(23)13-9-10-16(22)21-15-4-2-1-3-14(15)20-18(13)21/h5-10,14-15,20H,1-4H2/t14?,15-/m0/s1. The minimum absolute atomic E-state index is 0.0717. The average Bonchev–Trinajstić information content (AvgIpc) is 2.95. The van der Waals surface area contributed by atoms with Crippen LogP contribution in [0.3, 0.4) is 0 Å². The predicted molar refractivity (Wildman–Crippen MR) is 85.5 cm³/mol. The molecule has 23 heavy (non-hydrogen) atoms. The number of carbonyl (C=O) groups is 1. The van der Waals surface area contributed by atoms with Crippen molar-refractivity contribution in [2.24, 2.45) is 0 Å². The molecule has 2 atom stereocenters. The van der Waals surface area contributed by atoms with Gasteiger partial charge in [0.25, 0.3) is 5.56 Å². The first-order valence-corrected chi connectivity index (χ1v) is 7.97. The number of nitrogens with zero attached hydrogens (tertiary/aromatic N) is 1. The van der Waals surface area contributed by atoms with E-state index in [-0.39, 0.29) is 29.2 Å². The molecule has 1 fully saturated rings. The van der Waals surface area contributed by atoms with Crippen LogP contribution in [0.25, 0.3) is 0 Å². The molecule has 0 bridgehead atoms. The SMILES string of the molecule is O=C(c1ccc(F)cc1)c1ccc(=O)n2c1NC1CCCC[C@@H]12. The molecule has 0 amide bonds. The number of anilines is 1. The van der Waals surface area contributed by atoms with Crippen LogP contribution in [0.15, 0.2) is 41.2 Å².